The van der Waals surface area contributed by atoms with Crippen molar-refractivity contribution in [3.63, 3.8) is 0 Å². The van der Waals surface area contributed by atoms with Crippen molar-refractivity contribution in [2.24, 2.45) is 5.92 Å². The molecule has 0 aromatic carbocycles. The van der Waals surface area contributed by atoms with Gasteiger partial charge in [-0.3, -0.25) is 0 Å². The zero-order valence-corrected chi connectivity index (χ0v) is 9.32. The fourth-order valence-corrected chi connectivity index (χ4v) is 1.05. The summed E-state index contributed by atoms with van der Waals surface area (Å²) in [7, 11) is 0. The Labute approximate surface area is 88.8 Å². The molecule has 0 aliphatic rings. The highest BCUT2D eigenvalue weighted by atomic mass is 16.5. The maximum Gasteiger partial charge on any atom is 0.379 e. The molecule has 0 aliphatic heterocycles. The quantitative estimate of drug-likeness (QED) is 0.697. The van der Waals surface area contributed by atoms with Crippen LogP contribution in [0.2, 0.25) is 0 Å². The Morgan fingerprint density at radius 1 is 1.53 bits per heavy atom. The molecule has 0 saturated heterocycles. The van der Waals surface area contributed by atoms with E-state index in [2.05, 4.69) is 24.0 Å². The zero-order valence-electron chi connectivity index (χ0n) is 9.32. The maximum atomic E-state index is 11.2. The van der Waals surface area contributed by atoms with Gasteiger partial charge in [0.05, 0.1) is 6.61 Å². The molecule has 5 heteroatoms. The first-order valence-corrected chi connectivity index (χ1v) is 5.13. The molecule has 0 spiro atoms. The van der Waals surface area contributed by atoms with Gasteiger partial charge in [-0.25, -0.2) is 4.79 Å². The van der Waals surface area contributed by atoms with E-state index in [-0.39, 0.29) is 5.82 Å². The molecule has 15 heavy (non-hydrogen) atoms. The van der Waals surface area contributed by atoms with Crippen LogP contribution >= 0.6 is 0 Å². The first kappa shape index (κ1) is 11.7. The van der Waals surface area contributed by atoms with Crippen LogP contribution in [-0.4, -0.2) is 22.7 Å². The molecule has 0 aliphatic carbocycles. The van der Waals surface area contributed by atoms with E-state index < -0.39 is 5.97 Å². The molecule has 0 atom stereocenters. The number of esters is 1. The molecule has 1 rings (SSSR count). The monoisotopic (exact) mass is 212 g/mol. The number of aromatic nitrogens is 2. The van der Waals surface area contributed by atoms with Gasteiger partial charge in [-0.1, -0.05) is 13.8 Å². The third-order valence-corrected chi connectivity index (χ3v) is 1.86. The average Bonchev–Trinajstić information content (AvgIpc) is 2.63. The zero-order chi connectivity index (χ0) is 11.3. The van der Waals surface area contributed by atoms with E-state index in [9.17, 15) is 4.79 Å². The van der Waals surface area contributed by atoms with Crippen LogP contribution in [-0.2, 0) is 11.2 Å². The lowest BCUT2D eigenvalue weighted by molar-refractivity contribution is 0.0508. The number of carbonyl (C=O) groups is 1. The predicted octanol–water partition coefficient (Wildman–Crippen LogP) is 1.83. The van der Waals surface area contributed by atoms with Gasteiger partial charge in [-0.2, -0.15) is 4.98 Å². The summed E-state index contributed by atoms with van der Waals surface area (Å²) >= 11 is 0. The van der Waals surface area contributed by atoms with Crippen LogP contribution < -0.4 is 0 Å². The highest BCUT2D eigenvalue weighted by Crippen LogP contribution is 2.07. The van der Waals surface area contributed by atoms with Crippen molar-refractivity contribution in [3.05, 3.63) is 11.7 Å². The van der Waals surface area contributed by atoms with Crippen LogP contribution in [0.1, 0.15) is 43.7 Å². The van der Waals surface area contributed by atoms with E-state index in [1.54, 1.807) is 6.92 Å². The highest BCUT2D eigenvalue weighted by molar-refractivity contribution is 5.84. The van der Waals surface area contributed by atoms with Crippen LogP contribution in [0.5, 0.6) is 0 Å². The van der Waals surface area contributed by atoms with Gasteiger partial charge in [0.15, 0.2) is 0 Å². The van der Waals surface area contributed by atoms with Crippen LogP contribution in [0.15, 0.2) is 4.52 Å². The van der Waals surface area contributed by atoms with Crippen molar-refractivity contribution in [3.8, 4) is 0 Å². The summed E-state index contributed by atoms with van der Waals surface area (Å²) in [5.74, 6) is 0.544. The van der Waals surface area contributed by atoms with Crippen molar-refractivity contribution >= 4 is 5.97 Å². The summed E-state index contributed by atoms with van der Waals surface area (Å²) in [6, 6.07) is 0. The SMILES string of the molecule is CCOC(=O)c1noc(CCC(C)C)n1. The molecule has 0 fully saturated rings. The predicted molar refractivity (Wildman–Crippen MR) is 53.4 cm³/mol. The number of carbonyl (C=O) groups excluding carboxylic acids is 1. The van der Waals surface area contributed by atoms with E-state index in [4.69, 9.17) is 9.26 Å². The van der Waals surface area contributed by atoms with Crippen LogP contribution in [0.3, 0.4) is 0 Å². The number of ether oxygens (including phenoxy) is 1. The highest BCUT2D eigenvalue weighted by Gasteiger charge is 2.15. The number of hydrogen-bond donors (Lipinski definition) is 0. The molecule has 84 valence electrons. The lowest BCUT2D eigenvalue weighted by atomic mass is 10.1. The minimum Gasteiger partial charge on any atom is -0.460 e. The molecule has 1 aromatic rings. The summed E-state index contributed by atoms with van der Waals surface area (Å²) in [4.78, 5) is 15.1. The molecule has 0 saturated carbocycles. The minimum absolute atomic E-state index is 0.00982. The third-order valence-electron chi connectivity index (χ3n) is 1.86. The minimum atomic E-state index is -0.531. The summed E-state index contributed by atoms with van der Waals surface area (Å²) in [6.45, 7) is 6.28. The summed E-state index contributed by atoms with van der Waals surface area (Å²) in [6.07, 6.45) is 1.66. The molecular formula is C10H16N2O3. The van der Waals surface area contributed by atoms with Crippen LogP contribution in [0.25, 0.3) is 0 Å². The van der Waals surface area contributed by atoms with Gasteiger partial charge in [0.25, 0.3) is 5.82 Å². The largest absolute Gasteiger partial charge is 0.460 e. The number of rotatable bonds is 5. The topological polar surface area (TPSA) is 65.2 Å². The standard InChI is InChI=1S/C10H16N2O3/c1-4-14-10(13)9-11-8(15-12-9)6-5-7(2)3/h7H,4-6H2,1-3H3. The molecule has 0 amide bonds. The van der Waals surface area contributed by atoms with Gasteiger partial charge in [0, 0.05) is 6.42 Å². The third kappa shape index (κ3) is 3.69. The normalized spacial score (nSPS) is 10.7. The smallest absolute Gasteiger partial charge is 0.379 e. The number of nitrogens with zero attached hydrogens (tertiary/aromatic N) is 2. The van der Waals surface area contributed by atoms with Crippen molar-refractivity contribution in [2.75, 3.05) is 6.61 Å². The molecule has 0 N–H and O–H groups in total. The lowest BCUT2D eigenvalue weighted by Crippen LogP contribution is -2.06. The number of hydrogen-bond acceptors (Lipinski definition) is 5. The summed E-state index contributed by atoms with van der Waals surface area (Å²) in [5, 5.41) is 3.55. The van der Waals surface area contributed by atoms with E-state index in [1.165, 1.54) is 0 Å². The fourth-order valence-electron chi connectivity index (χ4n) is 1.05. The van der Waals surface area contributed by atoms with Gasteiger partial charge < -0.3 is 9.26 Å². The fraction of sp³-hybridized carbons (Fsp3) is 0.700. The Bertz CT molecular complexity index is 320. The molecule has 0 bridgehead atoms. The van der Waals surface area contributed by atoms with Crippen LogP contribution in [0.4, 0.5) is 0 Å². The maximum absolute atomic E-state index is 11.2. The van der Waals surface area contributed by atoms with Crippen molar-refractivity contribution in [1.29, 1.82) is 0 Å². The molecule has 1 heterocycles. The second kappa shape index (κ2) is 5.48. The molecular weight excluding hydrogens is 196 g/mol. The molecule has 0 radical (unpaired) electrons. The Hall–Kier alpha value is -1.39. The number of aryl methyl sites for hydroxylation is 1. The first-order valence-electron chi connectivity index (χ1n) is 5.13. The summed E-state index contributed by atoms with van der Waals surface area (Å²) in [5.41, 5.74) is 0. The molecule has 0 unspecified atom stereocenters. The van der Waals surface area contributed by atoms with Crippen LogP contribution in [0, 0.1) is 5.92 Å². The molecule has 1 aromatic heterocycles. The second-order valence-electron chi connectivity index (χ2n) is 3.66. The van der Waals surface area contributed by atoms with E-state index >= 15 is 0 Å². The van der Waals surface area contributed by atoms with Crippen molar-refractivity contribution in [2.45, 2.75) is 33.6 Å². The Kier molecular flexibility index (Phi) is 4.27. The van der Waals surface area contributed by atoms with E-state index in [0.29, 0.717) is 24.8 Å². The average molecular weight is 212 g/mol. The van der Waals surface area contributed by atoms with Gasteiger partial charge in [-0.15, -0.1) is 0 Å². The van der Waals surface area contributed by atoms with Gasteiger partial charge >= 0.3 is 5.97 Å². The van der Waals surface area contributed by atoms with Gasteiger partial charge in [0.2, 0.25) is 5.89 Å². The van der Waals surface area contributed by atoms with Gasteiger partial charge in [0.1, 0.15) is 0 Å². The second-order valence-corrected chi connectivity index (χ2v) is 3.66. The Morgan fingerprint density at radius 3 is 2.87 bits per heavy atom. The Balaban J connectivity index is 2.52. The van der Waals surface area contributed by atoms with E-state index in [1.807, 2.05) is 0 Å². The summed E-state index contributed by atoms with van der Waals surface area (Å²) < 4.78 is 9.66. The Morgan fingerprint density at radius 2 is 2.27 bits per heavy atom. The van der Waals surface area contributed by atoms with Gasteiger partial charge in [-0.05, 0) is 24.4 Å². The van der Waals surface area contributed by atoms with Crippen molar-refractivity contribution in [1.82, 2.24) is 10.1 Å². The molecule has 5 nitrogen and oxygen atoms in total. The lowest BCUT2D eigenvalue weighted by Gasteiger charge is -1.98. The van der Waals surface area contributed by atoms with E-state index in [0.717, 1.165) is 6.42 Å². The van der Waals surface area contributed by atoms with Crippen molar-refractivity contribution < 1.29 is 14.1 Å². The first-order chi connectivity index (χ1) is 7.13.